The van der Waals surface area contributed by atoms with Gasteiger partial charge in [0.15, 0.2) is 11.5 Å². The van der Waals surface area contributed by atoms with Crippen molar-refractivity contribution < 1.29 is 24.1 Å². The minimum atomic E-state index is -0.639. The number of rotatable bonds is 10. The average Bonchev–Trinajstić information content (AvgIpc) is 3.26. The zero-order valence-corrected chi connectivity index (χ0v) is 17.6. The van der Waals surface area contributed by atoms with Crippen LogP contribution >= 0.6 is 0 Å². The summed E-state index contributed by atoms with van der Waals surface area (Å²) in [6.07, 6.45) is -0.639. The lowest BCUT2D eigenvalue weighted by Crippen LogP contribution is -2.35. The minimum Gasteiger partial charge on any atom is -0.497 e. The number of para-hydroxylation sites is 1. The van der Waals surface area contributed by atoms with E-state index in [2.05, 4.69) is 11.0 Å². The van der Waals surface area contributed by atoms with Gasteiger partial charge in [-0.2, -0.15) is 0 Å². The predicted octanol–water partition coefficient (Wildman–Crippen LogP) is 3.87. The van der Waals surface area contributed by atoms with Crippen molar-refractivity contribution in [1.29, 1.82) is 0 Å². The van der Waals surface area contributed by atoms with Gasteiger partial charge in [-0.3, -0.25) is 4.90 Å². The van der Waals surface area contributed by atoms with Crippen LogP contribution in [0, 0.1) is 0 Å². The molecule has 4 rings (SSSR count). The smallest absolute Gasteiger partial charge is 0.231 e. The second kappa shape index (κ2) is 10.2. The molecule has 0 unspecified atom stereocenters. The van der Waals surface area contributed by atoms with E-state index in [4.69, 9.17) is 18.9 Å². The molecule has 0 bridgehead atoms. The van der Waals surface area contributed by atoms with Gasteiger partial charge in [0.2, 0.25) is 6.79 Å². The quantitative estimate of drug-likeness (QED) is 0.536. The van der Waals surface area contributed by atoms with E-state index in [1.54, 1.807) is 7.11 Å². The van der Waals surface area contributed by atoms with Crippen LogP contribution in [-0.2, 0) is 13.1 Å². The summed E-state index contributed by atoms with van der Waals surface area (Å²) in [7, 11) is 1.66. The van der Waals surface area contributed by atoms with Crippen molar-refractivity contribution in [2.45, 2.75) is 19.2 Å². The Morgan fingerprint density at radius 1 is 0.871 bits per heavy atom. The number of aliphatic hydroxyl groups is 1. The fraction of sp³-hybridized carbons (Fsp3) is 0.280. The largest absolute Gasteiger partial charge is 0.497 e. The van der Waals surface area contributed by atoms with Gasteiger partial charge in [-0.1, -0.05) is 36.4 Å². The predicted molar refractivity (Wildman–Crippen MR) is 118 cm³/mol. The molecule has 31 heavy (non-hydrogen) atoms. The first kappa shape index (κ1) is 21.0. The molecular formula is C25H27NO5. The third-order valence-electron chi connectivity index (χ3n) is 5.04. The van der Waals surface area contributed by atoms with Crippen molar-refractivity contribution in [3.05, 3.63) is 83.9 Å². The first-order valence-electron chi connectivity index (χ1n) is 10.3. The van der Waals surface area contributed by atoms with Crippen LogP contribution in [0.4, 0.5) is 0 Å². The number of fused-ring (bicyclic) bond motifs is 1. The second-order valence-electron chi connectivity index (χ2n) is 7.49. The summed E-state index contributed by atoms with van der Waals surface area (Å²) < 4.78 is 22.0. The number of methoxy groups -OCH3 is 1. The molecule has 0 aromatic heterocycles. The Kier molecular flexibility index (Phi) is 6.92. The Labute approximate surface area is 182 Å². The van der Waals surface area contributed by atoms with E-state index in [1.807, 2.05) is 66.7 Å². The van der Waals surface area contributed by atoms with Crippen molar-refractivity contribution >= 4 is 0 Å². The molecule has 1 N–H and O–H groups in total. The van der Waals surface area contributed by atoms with Crippen LogP contribution < -0.4 is 18.9 Å². The van der Waals surface area contributed by atoms with E-state index < -0.39 is 6.10 Å². The number of hydrogen-bond donors (Lipinski definition) is 1. The normalized spacial score (nSPS) is 13.3. The Morgan fingerprint density at radius 2 is 1.61 bits per heavy atom. The van der Waals surface area contributed by atoms with Crippen LogP contribution in [0.2, 0.25) is 0 Å². The highest BCUT2D eigenvalue weighted by atomic mass is 16.7. The molecule has 3 aromatic rings. The molecule has 6 heteroatoms. The van der Waals surface area contributed by atoms with Gasteiger partial charge in [0.1, 0.15) is 24.2 Å². The number of aliphatic hydroxyl groups excluding tert-OH is 1. The van der Waals surface area contributed by atoms with Gasteiger partial charge in [-0.05, 0) is 47.5 Å². The maximum absolute atomic E-state index is 10.7. The monoisotopic (exact) mass is 421 g/mol. The van der Waals surface area contributed by atoms with Crippen LogP contribution in [0.15, 0.2) is 72.8 Å². The van der Waals surface area contributed by atoms with Crippen molar-refractivity contribution in [2.24, 2.45) is 0 Å². The lowest BCUT2D eigenvalue weighted by Gasteiger charge is -2.25. The summed E-state index contributed by atoms with van der Waals surface area (Å²) in [5.41, 5.74) is 2.19. The number of hydrogen-bond acceptors (Lipinski definition) is 6. The highest BCUT2D eigenvalue weighted by Gasteiger charge is 2.17. The van der Waals surface area contributed by atoms with Crippen LogP contribution in [0.3, 0.4) is 0 Å². The molecule has 3 aromatic carbocycles. The van der Waals surface area contributed by atoms with E-state index in [-0.39, 0.29) is 13.4 Å². The molecule has 0 radical (unpaired) electrons. The molecular weight excluding hydrogens is 394 g/mol. The Morgan fingerprint density at radius 3 is 2.42 bits per heavy atom. The van der Waals surface area contributed by atoms with Crippen LogP contribution in [0.1, 0.15) is 11.1 Å². The third-order valence-corrected chi connectivity index (χ3v) is 5.04. The average molecular weight is 421 g/mol. The molecule has 0 aliphatic carbocycles. The summed E-state index contributed by atoms with van der Waals surface area (Å²) in [4.78, 5) is 2.19. The topological polar surface area (TPSA) is 60.4 Å². The van der Waals surface area contributed by atoms with Crippen LogP contribution in [0.5, 0.6) is 23.0 Å². The van der Waals surface area contributed by atoms with Gasteiger partial charge in [0.05, 0.1) is 7.11 Å². The van der Waals surface area contributed by atoms with E-state index in [9.17, 15) is 5.11 Å². The number of benzene rings is 3. The van der Waals surface area contributed by atoms with Crippen LogP contribution in [0.25, 0.3) is 0 Å². The zero-order valence-electron chi connectivity index (χ0n) is 17.6. The van der Waals surface area contributed by atoms with E-state index in [0.717, 1.165) is 34.1 Å². The Bertz CT molecular complexity index is 979. The van der Waals surface area contributed by atoms with Gasteiger partial charge in [0, 0.05) is 19.6 Å². The number of ether oxygens (including phenoxy) is 4. The molecule has 0 saturated heterocycles. The standard InChI is InChI=1S/C25H27NO5/c1-28-23-9-5-6-19(12-23)14-26(15-20-10-11-24-25(13-20)31-18-30-24)16-21(27)17-29-22-7-3-2-4-8-22/h2-13,21,27H,14-18H2,1H3/t21-/m0/s1. The minimum absolute atomic E-state index is 0.222. The zero-order chi connectivity index (χ0) is 21.5. The van der Waals surface area contributed by atoms with Gasteiger partial charge >= 0.3 is 0 Å². The van der Waals surface area contributed by atoms with Crippen LogP contribution in [-0.4, -0.2) is 43.2 Å². The molecule has 1 heterocycles. The Balaban J connectivity index is 1.44. The molecule has 1 aliphatic heterocycles. The fourth-order valence-electron chi connectivity index (χ4n) is 3.57. The molecule has 162 valence electrons. The maximum Gasteiger partial charge on any atom is 0.231 e. The molecule has 0 saturated carbocycles. The molecule has 6 nitrogen and oxygen atoms in total. The highest BCUT2D eigenvalue weighted by Crippen LogP contribution is 2.33. The summed E-state index contributed by atoms with van der Waals surface area (Å²) >= 11 is 0. The van der Waals surface area contributed by atoms with Crippen molar-refractivity contribution in [1.82, 2.24) is 4.90 Å². The third kappa shape index (κ3) is 5.90. The summed E-state index contributed by atoms with van der Waals surface area (Å²) in [6, 6.07) is 23.4. The van der Waals surface area contributed by atoms with Gasteiger partial charge < -0.3 is 24.1 Å². The first-order chi connectivity index (χ1) is 15.2. The second-order valence-corrected chi connectivity index (χ2v) is 7.49. The SMILES string of the molecule is COc1cccc(CN(Cc2ccc3c(c2)OCO3)C[C@H](O)COc2ccccc2)c1. The molecule has 0 spiro atoms. The summed E-state index contributed by atoms with van der Waals surface area (Å²) in [5.74, 6) is 3.08. The fourth-order valence-corrected chi connectivity index (χ4v) is 3.57. The molecule has 0 fully saturated rings. The maximum atomic E-state index is 10.7. The molecule has 0 amide bonds. The van der Waals surface area contributed by atoms with Crippen molar-refractivity contribution in [2.75, 3.05) is 27.1 Å². The van der Waals surface area contributed by atoms with Gasteiger partial charge in [-0.15, -0.1) is 0 Å². The van der Waals surface area contributed by atoms with E-state index in [1.165, 1.54) is 0 Å². The summed E-state index contributed by atoms with van der Waals surface area (Å²) in [6.45, 7) is 2.24. The van der Waals surface area contributed by atoms with Crippen molar-refractivity contribution in [3.8, 4) is 23.0 Å². The lowest BCUT2D eigenvalue weighted by atomic mass is 10.1. The number of nitrogens with zero attached hydrogens (tertiary/aromatic N) is 1. The summed E-state index contributed by atoms with van der Waals surface area (Å²) in [5, 5.41) is 10.7. The Hall–Kier alpha value is -3.22. The van der Waals surface area contributed by atoms with Crippen molar-refractivity contribution in [3.63, 3.8) is 0 Å². The van der Waals surface area contributed by atoms with E-state index >= 15 is 0 Å². The van der Waals surface area contributed by atoms with Gasteiger partial charge in [-0.25, -0.2) is 0 Å². The molecule has 1 aliphatic rings. The van der Waals surface area contributed by atoms with Gasteiger partial charge in [0.25, 0.3) is 0 Å². The lowest BCUT2D eigenvalue weighted by molar-refractivity contribution is 0.0628. The molecule has 1 atom stereocenters. The first-order valence-corrected chi connectivity index (χ1v) is 10.3. The highest BCUT2D eigenvalue weighted by molar-refractivity contribution is 5.44. The van der Waals surface area contributed by atoms with E-state index in [0.29, 0.717) is 19.6 Å².